The Morgan fingerprint density at radius 2 is 1.91 bits per heavy atom. The lowest BCUT2D eigenvalue weighted by Gasteiger charge is -2.08. The highest BCUT2D eigenvalue weighted by Gasteiger charge is 2.22. The van der Waals surface area contributed by atoms with Crippen molar-refractivity contribution in [1.29, 1.82) is 0 Å². The van der Waals surface area contributed by atoms with Crippen LogP contribution < -0.4 is 5.32 Å². The number of nitrogens with zero attached hydrogens (tertiary/aromatic N) is 5. The van der Waals surface area contributed by atoms with Gasteiger partial charge in [0.15, 0.2) is 0 Å². The molecule has 0 bridgehead atoms. The minimum Gasteiger partial charge on any atom is -0.352 e. The van der Waals surface area contributed by atoms with Crippen molar-refractivity contribution in [2.75, 3.05) is 5.32 Å². The highest BCUT2D eigenvalue weighted by atomic mass is 19.3. The first kappa shape index (κ1) is 21.4. The van der Waals surface area contributed by atoms with Gasteiger partial charge >= 0.3 is 0 Å². The van der Waals surface area contributed by atoms with E-state index in [0.29, 0.717) is 39.4 Å². The molecule has 0 aliphatic rings. The maximum Gasteiger partial charge on any atom is 0.280 e. The molecule has 0 saturated carbocycles. The van der Waals surface area contributed by atoms with E-state index in [2.05, 4.69) is 30.4 Å². The molecule has 0 unspecified atom stereocenters. The third-order valence-corrected chi connectivity index (χ3v) is 5.39. The summed E-state index contributed by atoms with van der Waals surface area (Å²) in [6.07, 6.45) is 2.22. The quantitative estimate of drug-likeness (QED) is 0.386. The van der Waals surface area contributed by atoms with Crippen LogP contribution in [0.25, 0.3) is 44.8 Å². The Labute approximate surface area is 192 Å². The smallest absolute Gasteiger partial charge is 0.280 e. The van der Waals surface area contributed by atoms with Gasteiger partial charge in [-0.25, -0.2) is 18.7 Å². The molecular weight excluding hydrogens is 440 g/mol. The van der Waals surface area contributed by atoms with Crippen molar-refractivity contribution in [1.82, 2.24) is 29.7 Å². The van der Waals surface area contributed by atoms with Crippen LogP contribution in [0.15, 0.2) is 61.1 Å². The van der Waals surface area contributed by atoms with Crippen molar-refractivity contribution in [2.45, 2.75) is 13.3 Å². The number of hydrogen-bond acceptors (Lipinski definition) is 5. The highest BCUT2D eigenvalue weighted by molar-refractivity contribution is 6.06. The molecule has 1 amide bonds. The number of alkyl halides is 2. The Morgan fingerprint density at radius 3 is 2.65 bits per heavy atom. The topological polar surface area (TPSA) is 101 Å². The van der Waals surface area contributed by atoms with Gasteiger partial charge in [-0.3, -0.25) is 14.5 Å². The number of aromatic amines is 1. The number of halogens is 2. The van der Waals surface area contributed by atoms with E-state index in [1.54, 1.807) is 47.5 Å². The molecule has 8 nitrogen and oxygen atoms in total. The van der Waals surface area contributed by atoms with Crippen molar-refractivity contribution in [3.63, 3.8) is 0 Å². The van der Waals surface area contributed by atoms with Gasteiger partial charge < -0.3 is 10.3 Å². The number of amides is 1. The third kappa shape index (κ3) is 3.79. The summed E-state index contributed by atoms with van der Waals surface area (Å²) < 4.78 is 28.6. The van der Waals surface area contributed by atoms with Crippen LogP contribution in [-0.2, 0) is 11.8 Å². The van der Waals surface area contributed by atoms with Gasteiger partial charge in [-0.05, 0) is 36.4 Å². The summed E-state index contributed by atoms with van der Waals surface area (Å²) in [7, 11) is 1.84. The maximum absolute atomic E-state index is 13.5. The molecular formula is C24H19F2N7O. The molecule has 5 heterocycles. The SMILES string of the molecule is CC(=O)Nc1cc(-c2[nH]c3c(-c4ccnn4C)ccnc3c2-c2cccc(C(F)F)n2)ccn1. The first-order valence-electron chi connectivity index (χ1n) is 10.4. The normalized spacial score (nSPS) is 11.3. The van der Waals surface area contributed by atoms with Crippen LogP contribution in [0, 0.1) is 0 Å². The maximum atomic E-state index is 13.5. The summed E-state index contributed by atoms with van der Waals surface area (Å²) in [6.45, 7) is 1.40. The molecule has 5 aromatic rings. The van der Waals surface area contributed by atoms with Gasteiger partial charge in [-0.15, -0.1) is 0 Å². The van der Waals surface area contributed by atoms with Crippen LogP contribution in [0.1, 0.15) is 19.0 Å². The number of aromatic nitrogens is 6. The van der Waals surface area contributed by atoms with E-state index in [-0.39, 0.29) is 11.6 Å². The van der Waals surface area contributed by atoms with Crippen molar-refractivity contribution >= 4 is 22.8 Å². The zero-order chi connectivity index (χ0) is 23.8. The number of fused-ring (bicyclic) bond motifs is 1. The molecule has 0 aliphatic carbocycles. The van der Waals surface area contributed by atoms with E-state index in [1.165, 1.54) is 13.0 Å². The fourth-order valence-electron chi connectivity index (χ4n) is 3.95. The summed E-state index contributed by atoms with van der Waals surface area (Å²) in [5.41, 5.74) is 4.89. The number of nitrogens with one attached hydrogen (secondary N) is 2. The van der Waals surface area contributed by atoms with E-state index < -0.39 is 6.43 Å². The number of pyridine rings is 3. The first-order chi connectivity index (χ1) is 16.4. The van der Waals surface area contributed by atoms with E-state index >= 15 is 0 Å². The summed E-state index contributed by atoms with van der Waals surface area (Å²) >= 11 is 0. The number of carbonyl (C=O) groups excluding carboxylic acids is 1. The fraction of sp³-hybridized carbons (Fsp3) is 0.125. The summed E-state index contributed by atoms with van der Waals surface area (Å²) in [4.78, 5) is 27.9. The van der Waals surface area contributed by atoms with Gasteiger partial charge in [0.2, 0.25) is 5.91 Å². The number of rotatable bonds is 5. The molecule has 0 atom stereocenters. The number of anilines is 1. The van der Waals surface area contributed by atoms with Crippen LogP contribution in [-0.4, -0.2) is 35.6 Å². The van der Waals surface area contributed by atoms with Crippen LogP contribution in [0.5, 0.6) is 0 Å². The van der Waals surface area contributed by atoms with Gasteiger partial charge in [0, 0.05) is 43.7 Å². The lowest BCUT2D eigenvalue weighted by Crippen LogP contribution is -2.07. The van der Waals surface area contributed by atoms with Crippen molar-refractivity contribution in [2.24, 2.45) is 7.05 Å². The number of hydrogen-bond donors (Lipinski definition) is 2. The number of aryl methyl sites for hydroxylation is 1. The van der Waals surface area contributed by atoms with Crippen LogP contribution in [0.3, 0.4) is 0 Å². The second kappa shape index (κ2) is 8.47. The summed E-state index contributed by atoms with van der Waals surface area (Å²) in [5, 5.41) is 6.92. The molecule has 0 fully saturated rings. The molecule has 0 spiro atoms. The standard InChI is InChI=1S/C24H19F2N7O/c1-13(34)30-19-12-14(6-9-27-19)21-20(16-4-3-5-17(31-16)24(25)26)23-22(32-21)15(7-10-28-23)18-8-11-29-33(18)2/h3-12,24,32H,1-2H3,(H,27,30,34). The average Bonchev–Trinajstić information content (AvgIpc) is 3.42. The number of H-pyrrole nitrogens is 1. The van der Waals surface area contributed by atoms with Crippen molar-refractivity contribution in [3.05, 3.63) is 66.7 Å². The van der Waals surface area contributed by atoms with Crippen LogP contribution in [0.2, 0.25) is 0 Å². The van der Waals surface area contributed by atoms with Gasteiger partial charge in [0.1, 0.15) is 11.5 Å². The Kier molecular flexibility index (Phi) is 5.33. The fourth-order valence-corrected chi connectivity index (χ4v) is 3.95. The number of carbonyl (C=O) groups is 1. The highest BCUT2D eigenvalue weighted by Crippen LogP contribution is 2.40. The van der Waals surface area contributed by atoms with Crippen LogP contribution in [0.4, 0.5) is 14.6 Å². The molecule has 170 valence electrons. The molecule has 10 heteroatoms. The minimum absolute atomic E-state index is 0.256. The summed E-state index contributed by atoms with van der Waals surface area (Å²) in [5.74, 6) is 0.108. The van der Waals surface area contributed by atoms with E-state index in [0.717, 1.165) is 11.3 Å². The minimum atomic E-state index is -2.71. The Balaban J connectivity index is 1.81. The van der Waals surface area contributed by atoms with E-state index in [4.69, 9.17) is 0 Å². The molecule has 0 saturated heterocycles. The molecule has 0 aliphatic heterocycles. The zero-order valence-electron chi connectivity index (χ0n) is 18.3. The predicted molar refractivity (Wildman–Crippen MR) is 124 cm³/mol. The van der Waals surface area contributed by atoms with Crippen LogP contribution >= 0.6 is 0 Å². The van der Waals surface area contributed by atoms with E-state index in [9.17, 15) is 13.6 Å². The third-order valence-electron chi connectivity index (χ3n) is 5.39. The monoisotopic (exact) mass is 459 g/mol. The van der Waals surface area contributed by atoms with Gasteiger partial charge in [0.25, 0.3) is 6.43 Å². The summed E-state index contributed by atoms with van der Waals surface area (Å²) in [6, 6.07) is 11.7. The largest absolute Gasteiger partial charge is 0.352 e. The molecule has 2 N–H and O–H groups in total. The van der Waals surface area contributed by atoms with Gasteiger partial charge in [0.05, 0.1) is 33.7 Å². The Bertz CT molecular complexity index is 1520. The average molecular weight is 459 g/mol. The first-order valence-corrected chi connectivity index (χ1v) is 10.4. The molecule has 34 heavy (non-hydrogen) atoms. The van der Waals surface area contributed by atoms with Crippen molar-refractivity contribution < 1.29 is 13.6 Å². The molecule has 0 radical (unpaired) electrons. The zero-order valence-corrected chi connectivity index (χ0v) is 18.3. The molecule has 0 aromatic carbocycles. The van der Waals surface area contributed by atoms with Gasteiger partial charge in [-0.2, -0.15) is 5.10 Å². The lowest BCUT2D eigenvalue weighted by molar-refractivity contribution is -0.114. The Hall–Kier alpha value is -4.47. The van der Waals surface area contributed by atoms with E-state index in [1.807, 2.05) is 19.2 Å². The van der Waals surface area contributed by atoms with Gasteiger partial charge in [-0.1, -0.05) is 6.07 Å². The molecule has 5 rings (SSSR count). The predicted octanol–water partition coefficient (Wildman–Crippen LogP) is 4.98. The lowest BCUT2D eigenvalue weighted by atomic mass is 10.0. The molecule has 5 aromatic heterocycles. The Morgan fingerprint density at radius 1 is 1.09 bits per heavy atom. The second-order valence-corrected chi connectivity index (χ2v) is 7.66. The second-order valence-electron chi connectivity index (χ2n) is 7.66. The van der Waals surface area contributed by atoms with Crippen molar-refractivity contribution in [3.8, 4) is 33.8 Å².